The Kier molecular flexibility index (Phi) is 4.60. The number of aliphatic hydroxyl groups is 1. The molecule has 0 spiro atoms. The number of phenols is 1. The van der Waals surface area contributed by atoms with Crippen LogP contribution >= 0.6 is 22.9 Å². The predicted octanol–water partition coefficient (Wildman–Crippen LogP) is 2.93. The maximum absolute atomic E-state index is 9.86. The van der Waals surface area contributed by atoms with Crippen molar-refractivity contribution in [2.45, 2.75) is 12.6 Å². The Morgan fingerprint density at radius 3 is 2.83 bits per heavy atom. The third kappa shape index (κ3) is 3.46. The third-order valence-corrected chi connectivity index (χ3v) is 3.61. The van der Waals surface area contributed by atoms with Gasteiger partial charge in [0.05, 0.1) is 11.1 Å². The first-order valence-corrected chi connectivity index (χ1v) is 6.87. The second kappa shape index (κ2) is 6.20. The van der Waals surface area contributed by atoms with Crippen molar-refractivity contribution < 1.29 is 10.2 Å². The van der Waals surface area contributed by atoms with Crippen molar-refractivity contribution in [3.63, 3.8) is 0 Å². The number of thiophene rings is 1. The number of benzene rings is 1. The molecule has 1 unspecified atom stereocenters. The summed E-state index contributed by atoms with van der Waals surface area (Å²) in [6.45, 7) is 1.08. The molecule has 0 radical (unpaired) electrons. The van der Waals surface area contributed by atoms with Crippen LogP contribution in [0.2, 0.25) is 5.02 Å². The second-order valence-electron chi connectivity index (χ2n) is 3.99. The molecule has 1 aromatic carbocycles. The van der Waals surface area contributed by atoms with Crippen LogP contribution in [0.25, 0.3) is 0 Å². The molecule has 0 bridgehead atoms. The van der Waals surface area contributed by atoms with Crippen molar-refractivity contribution >= 4 is 22.9 Å². The molecule has 0 saturated carbocycles. The van der Waals surface area contributed by atoms with Gasteiger partial charge in [0.25, 0.3) is 0 Å². The second-order valence-corrected chi connectivity index (χ2v) is 5.18. The maximum Gasteiger partial charge on any atom is 0.134 e. The van der Waals surface area contributed by atoms with Crippen LogP contribution in [-0.2, 0) is 6.54 Å². The molecule has 3 N–H and O–H groups in total. The molecule has 1 atom stereocenters. The molecule has 1 heterocycles. The molecule has 96 valence electrons. The SMILES string of the molecule is Oc1ccc(CNCC(O)c2ccsc2)cc1Cl. The van der Waals surface area contributed by atoms with E-state index < -0.39 is 6.10 Å². The molecule has 0 aliphatic rings. The molecule has 5 heteroatoms. The topological polar surface area (TPSA) is 52.5 Å². The molecule has 0 aliphatic heterocycles. The molecule has 0 saturated heterocycles. The minimum atomic E-state index is -0.496. The average molecular weight is 284 g/mol. The number of hydrogen-bond donors (Lipinski definition) is 3. The first-order valence-electron chi connectivity index (χ1n) is 5.55. The van der Waals surface area contributed by atoms with Crippen LogP contribution in [0, 0.1) is 0 Å². The van der Waals surface area contributed by atoms with E-state index in [0.717, 1.165) is 11.1 Å². The van der Waals surface area contributed by atoms with Crippen LogP contribution in [0.3, 0.4) is 0 Å². The van der Waals surface area contributed by atoms with Crippen molar-refractivity contribution in [1.29, 1.82) is 0 Å². The lowest BCUT2D eigenvalue weighted by molar-refractivity contribution is 0.175. The van der Waals surface area contributed by atoms with Gasteiger partial charge in [-0.05, 0) is 40.1 Å². The quantitative estimate of drug-likeness (QED) is 0.791. The number of rotatable bonds is 5. The number of halogens is 1. The smallest absolute Gasteiger partial charge is 0.134 e. The minimum absolute atomic E-state index is 0.0822. The highest BCUT2D eigenvalue weighted by atomic mass is 35.5. The summed E-state index contributed by atoms with van der Waals surface area (Å²) in [6, 6.07) is 6.98. The summed E-state index contributed by atoms with van der Waals surface area (Å²) < 4.78 is 0. The molecular weight excluding hydrogens is 270 g/mol. The highest BCUT2D eigenvalue weighted by Gasteiger charge is 2.07. The highest BCUT2D eigenvalue weighted by molar-refractivity contribution is 7.07. The van der Waals surface area contributed by atoms with E-state index >= 15 is 0 Å². The van der Waals surface area contributed by atoms with Crippen molar-refractivity contribution in [1.82, 2.24) is 5.32 Å². The maximum atomic E-state index is 9.86. The van der Waals surface area contributed by atoms with Gasteiger partial charge in [-0.1, -0.05) is 17.7 Å². The summed E-state index contributed by atoms with van der Waals surface area (Å²) in [6.07, 6.45) is -0.496. The summed E-state index contributed by atoms with van der Waals surface area (Å²) in [7, 11) is 0. The van der Waals surface area contributed by atoms with Gasteiger partial charge in [0.1, 0.15) is 5.75 Å². The lowest BCUT2D eigenvalue weighted by Gasteiger charge is -2.10. The Bertz CT molecular complexity index is 502. The number of hydrogen-bond acceptors (Lipinski definition) is 4. The molecule has 1 aromatic heterocycles. The van der Waals surface area contributed by atoms with Crippen LogP contribution < -0.4 is 5.32 Å². The van der Waals surface area contributed by atoms with Crippen molar-refractivity contribution in [3.8, 4) is 5.75 Å². The first-order chi connectivity index (χ1) is 8.66. The summed E-state index contributed by atoms with van der Waals surface area (Å²) >= 11 is 7.38. The van der Waals surface area contributed by atoms with Gasteiger partial charge in [-0.15, -0.1) is 0 Å². The largest absolute Gasteiger partial charge is 0.506 e. The minimum Gasteiger partial charge on any atom is -0.506 e. The van der Waals surface area contributed by atoms with E-state index in [-0.39, 0.29) is 5.75 Å². The van der Waals surface area contributed by atoms with Gasteiger partial charge < -0.3 is 15.5 Å². The van der Waals surface area contributed by atoms with E-state index in [1.807, 2.05) is 16.8 Å². The standard InChI is InChI=1S/C13H14ClNO2S/c14-11-5-9(1-2-12(11)16)6-15-7-13(17)10-3-4-18-8-10/h1-5,8,13,15-17H,6-7H2. The van der Waals surface area contributed by atoms with E-state index in [4.69, 9.17) is 11.6 Å². The Morgan fingerprint density at radius 1 is 1.33 bits per heavy atom. The molecule has 0 fully saturated rings. The summed E-state index contributed by atoms with van der Waals surface area (Å²) in [5.74, 6) is 0.0822. The van der Waals surface area contributed by atoms with Crippen molar-refractivity contribution in [2.24, 2.45) is 0 Å². The Hall–Kier alpha value is -1.07. The van der Waals surface area contributed by atoms with E-state index in [2.05, 4.69) is 5.32 Å². The van der Waals surface area contributed by atoms with Gasteiger partial charge in [0.15, 0.2) is 0 Å². The number of phenolic OH excluding ortho intramolecular Hbond substituents is 1. The monoisotopic (exact) mass is 283 g/mol. The van der Waals surface area contributed by atoms with E-state index in [1.165, 1.54) is 0 Å². The fraction of sp³-hybridized carbons (Fsp3) is 0.231. The van der Waals surface area contributed by atoms with E-state index in [9.17, 15) is 10.2 Å². The van der Waals surface area contributed by atoms with Gasteiger partial charge in [-0.3, -0.25) is 0 Å². The lowest BCUT2D eigenvalue weighted by atomic mass is 10.2. The van der Waals surface area contributed by atoms with Crippen LogP contribution in [0.4, 0.5) is 0 Å². The zero-order valence-corrected chi connectivity index (χ0v) is 11.2. The van der Waals surface area contributed by atoms with Crippen LogP contribution in [0.15, 0.2) is 35.0 Å². The number of aromatic hydroxyl groups is 1. The van der Waals surface area contributed by atoms with Gasteiger partial charge in [0.2, 0.25) is 0 Å². The fourth-order valence-corrected chi connectivity index (χ4v) is 2.51. The zero-order valence-electron chi connectivity index (χ0n) is 9.64. The first kappa shape index (κ1) is 13.4. The molecular formula is C13H14ClNO2S. The summed E-state index contributed by atoms with van der Waals surface area (Å²) in [5.41, 5.74) is 1.89. The van der Waals surface area contributed by atoms with Crippen LogP contribution in [-0.4, -0.2) is 16.8 Å². The van der Waals surface area contributed by atoms with E-state index in [1.54, 1.807) is 29.5 Å². The normalized spacial score (nSPS) is 12.6. The predicted molar refractivity (Wildman–Crippen MR) is 74.1 cm³/mol. The van der Waals surface area contributed by atoms with Crippen LogP contribution in [0.1, 0.15) is 17.2 Å². The lowest BCUT2D eigenvalue weighted by Crippen LogP contribution is -2.20. The third-order valence-electron chi connectivity index (χ3n) is 2.61. The molecule has 0 amide bonds. The van der Waals surface area contributed by atoms with Crippen molar-refractivity contribution in [2.75, 3.05) is 6.54 Å². The Morgan fingerprint density at radius 2 is 2.17 bits per heavy atom. The van der Waals surface area contributed by atoms with Gasteiger partial charge in [0, 0.05) is 13.1 Å². The van der Waals surface area contributed by atoms with Gasteiger partial charge >= 0.3 is 0 Å². The molecule has 18 heavy (non-hydrogen) atoms. The molecule has 2 rings (SSSR count). The Balaban J connectivity index is 1.83. The number of aliphatic hydroxyl groups excluding tert-OH is 1. The van der Waals surface area contributed by atoms with Gasteiger partial charge in [-0.25, -0.2) is 0 Å². The summed E-state index contributed by atoms with van der Waals surface area (Å²) in [5, 5.41) is 26.5. The van der Waals surface area contributed by atoms with E-state index in [0.29, 0.717) is 18.1 Å². The zero-order chi connectivity index (χ0) is 13.0. The molecule has 3 nitrogen and oxygen atoms in total. The molecule has 0 aliphatic carbocycles. The summed E-state index contributed by atoms with van der Waals surface area (Å²) in [4.78, 5) is 0. The van der Waals surface area contributed by atoms with Gasteiger partial charge in [-0.2, -0.15) is 11.3 Å². The molecule has 2 aromatic rings. The fourth-order valence-electron chi connectivity index (χ4n) is 1.60. The highest BCUT2D eigenvalue weighted by Crippen LogP contribution is 2.23. The van der Waals surface area contributed by atoms with Crippen LogP contribution in [0.5, 0.6) is 5.75 Å². The Labute approximate surface area is 115 Å². The average Bonchev–Trinajstić information content (AvgIpc) is 2.87. The van der Waals surface area contributed by atoms with Crippen molar-refractivity contribution in [3.05, 3.63) is 51.2 Å². The number of nitrogens with one attached hydrogen (secondary N) is 1.